The van der Waals surface area contributed by atoms with Crippen molar-refractivity contribution in [3.63, 3.8) is 0 Å². The Balaban J connectivity index is 2.12. The molecule has 1 aliphatic rings. The summed E-state index contributed by atoms with van der Waals surface area (Å²) in [6.07, 6.45) is 0.605. The van der Waals surface area contributed by atoms with Gasteiger partial charge in [0, 0.05) is 10.1 Å². The zero-order valence-corrected chi connectivity index (χ0v) is 19.0. The number of hydrogen-bond acceptors (Lipinski definition) is 5. The first kappa shape index (κ1) is 20.4. The third-order valence-corrected chi connectivity index (χ3v) is 6.38. The van der Waals surface area contributed by atoms with Gasteiger partial charge in [0.1, 0.15) is 5.00 Å². The van der Waals surface area contributed by atoms with Crippen LogP contribution < -0.4 is 10.6 Å². The molecule has 0 unspecified atom stereocenters. The monoisotopic (exact) mass is 518 g/mol. The van der Waals surface area contributed by atoms with Crippen LogP contribution in [0.15, 0.2) is 18.2 Å². The molecule has 0 saturated carbocycles. The predicted molar refractivity (Wildman–Crippen MR) is 118 cm³/mol. The van der Waals surface area contributed by atoms with E-state index in [0.29, 0.717) is 39.1 Å². The van der Waals surface area contributed by atoms with Crippen molar-refractivity contribution in [2.24, 2.45) is 5.41 Å². The van der Waals surface area contributed by atoms with Gasteiger partial charge in [-0.1, -0.05) is 25.4 Å². The van der Waals surface area contributed by atoms with Gasteiger partial charge in [-0.2, -0.15) is 0 Å². The minimum Gasteiger partial charge on any atom is -0.462 e. The van der Waals surface area contributed by atoms with Gasteiger partial charge in [-0.05, 0) is 65.1 Å². The topological polar surface area (TPSA) is 67.4 Å². The third kappa shape index (κ3) is 4.41. The average molecular weight is 519 g/mol. The maximum Gasteiger partial charge on any atom is 0.341 e. The number of amides is 1. The number of hydrogen-bond donors (Lipinski definition) is 2. The van der Waals surface area contributed by atoms with Crippen molar-refractivity contribution < 1.29 is 14.3 Å². The number of benzene rings is 1. The maximum atomic E-state index is 12.7. The smallest absolute Gasteiger partial charge is 0.341 e. The minimum absolute atomic E-state index is 0.159. The molecule has 3 rings (SSSR count). The first-order valence-electron chi connectivity index (χ1n) is 8.55. The van der Waals surface area contributed by atoms with Gasteiger partial charge < -0.3 is 15.4 Å². The molecule has 2 aromatic rings. The molecule has 0 atom stereocenters. The van der Waals surface area contributed by atoms with Crippen LogP contribution in [-0.2, 0) is 11.2 Å². The molecule has 0 aliphatic carbocycles. The highest BCUT2D eigenvalue weighted by molar-refractivity contribution is 14.1. The Bertz CT molecular complexity index is 911. The summed E-state index contributed by atoms with van der Waals surface area (Å²) in [7, 11) is 0. The quantitative estimate of drug-likeness (QED) is 0.429. The molecule has 0 fully saturated rings. The predicted octanol–water partition coefficient (Wildman–Crippen LogP) is 5.24. The zero-order valence-electron chi connectivity index (χ0n) is 15.2. The van der Waals surface area contributed by atoms with Crippen molar-refractivity contribution in [2.75, 3.05) is 18.5 Å². The van der Waals surface area contributed by atoms with E-state index in [4.69, 9.17) is 16.3 Å². The number of fused-ring (bicyclic) bond motifs is 1. The van der Waals surface area contributed by atoms with E-state index in [0.717, 1.165) is 9.13 Å². The number of carbonyl (C=O) groups is 2. The lowest BCUT2D eigenvalue weighted by molar-refractivity contribution is 0.0526. The molecular formula is C19H20ClIN2O3S. The van der Waals surface area contributed by atoms with Gasteiger partial charge in [0.2, 0.25) is 0 Å². The Morgan fingerprint density at radius 1 is 1.44 bits per heavy atom. The number of rotatable bonds is 4. The minimum atomic E-state index is -0.426. The fourth-order valence-electron chi connectivity index (χ4n) is 2.98. The summed E-state index contributed by atoms with van der Waals surface area (Å²) in [4.78, 5) is 25.9. The normalized spacial score (nSPS) is 15.5. The largest absolute Gasteiger partial charge is 0.462 e. The molecule has 1 amide bonds. The van der Waals surface area contributed by atoms with Gasteiger partial charge in [-0.25, -0.2) is 4.79 Å². The molecule has 2 heterocycles. The summed E-state index contributed by atoms with van der Waals surface area (Å²) in [6, 6.07) is 5.62. The van der Waals surface area contributed by atoms with Crippen molar-refractivity contribution in [3.8, 4) is 0 Å². The summed E-state index contributed by atoms with van der Waals surface area (Å²) < 4.78 is 6.30. The van der Waals surface area contributed by atoms with Crippen LogP contribution in [0.3, 0.4) is 0 Å². The molecule has 8 heteroatoms. The number of carbonyl (C=O) groups excluding carboxylic acids is 2. The van der Waals surface area contributed by atoms with Crippen molar-refractivity contribution in [2.45, 2.75) is 27.2 Å². The van der Waals surface area contributed by atoms with E-state index in [9.17, 15) is 9.59 Å². The Labute approximate surface area is 181 Å². The van der Waals surface area contributed by atoms with Gasteiger partial charge in [0.25, 0.3) is 5.91 Å². The Kier molecular flexibility index (Phi) is 6.02. The van der Waals surface area contributed by atoms with Gasteiger partial charge in [0.05, 0.1) is 27.8 Å². The number of nitrogens with one attached hydrogen (secondary N) is 2. The lowest BCUT2D eigenvalue weighted by atomic mass is 9.85. The van der Waals surface area contributed by atoms with Gasteiger partial charge in [0.15, 0.2) is 0 Å². The van der Waals surface area contributed by atoms with E-state index in [1.807, 2.05) is 18.2 Å². The van der Waals surface area contributed by atoms with Crippen LogP contribution in [-0.4, -0.2) is 25.0 Å². The summed E-state index contributed by atoms with van der Waals surface area (Å²) in [5.74, 6) is -0.586. The Hall–Kier alpha value is -1.32. The van der Waals surface area contributed by atoms with Crippen molar-refractivity contribution in [1.29, 1.82) is 0 Å². The van der Waals surface area contributed by atoms with Gasteiger partial charge in [-0.3, -0.25) is 4.79 Å². The average Bonchev–Trinajstić information content (AvgIpc) is 2.87. The second-order valence-corrected chi connectivity index (χ2v) is 9.78. The molecule has 0 saturated heterocycles. The molecule has 5 nitrogen and oxygen atoms in total. The van der Waals surface area contributed by atoms with Gasteiger partial charge in [-0.15, -0.1) is 11.3 Å². The highest BCUT2D eigenvalue weighted by atomic mass is 127. The first-order chi connectivity index (χ1) is 12.7. The number of halogens is 2. The van der Waals surface area contributed by atoms with Crippen molar-refractivity contribution in [3.05, 3.63) is 42.8 Å². The standard InChI is InChI=1S/C19H20ClIN2O3S/c1-4-26-18(25)14-11-8-19(2,3)9-22-16(24)15(11)27-17(14)23-13-6-5-10(21)7-12(13)20/h5-7,23H,4,8-9H2,1-3H3,(H,22,24). The summed E-state index contributed by atoms with van der Waals surface area (Å²) >= 11 is 9.79. The van der Waals surface area contributed by atoms with Crippen LogP contribution >= 0.6 is 45.5 Å². The Morgan fingerprint density at radius 2 is 2.19 bits per heavy atom. The van der Waals surface area contributed by atoms with Gasteiger partial charge >= 0.3 is 5.97 Å². The van der Waals surface area contributed by atoms with Crippen LogP contribution in [0.1, 0.15) is 46.4 Å². The fraction of sp³-hybridized carbons (Fsp3) is 0.368. The second-order valence-electron chi connectivity index (χ2n) is 7.11. The molecule has 1 aromatic carbocycles. The first-order valence-corrected chi connectivity index (χ1v) is 10.8. The van der Waals surface area contributed by atoms with Crippen molar-refractivity contribution in [1.82, 2.24) is 5.32 Å². The van der Waals surface area contributed by atoms with Crippen molar-refractivity contribution >= 4 is 68.1 Å². The molecule has 0 bridgehead atoms. The third-order valence-electron chi connectivity index (χ3n) is 4.25. The maximum absolute atomic E-state index is 12.7. The van der Waals surface area contributed by atoms with Crippen LogP contribution in [0.5, 0.6) is 0 Å². The molecule has 144 valence electrons. The van der Waals surface area contributed by atoms with E-state index in [1.165, 1.54) is 11.3 Å². The highest BCUT2D eigenvalue weighted by Gasteiger charge is 2.35. The van der Waals surface area contributed by atoms with E-state index in [1.54, 1.807) is 6.92 Å². The highest BCUT2D eigenvalue weighted by Crippen LogP contribution is 2.41. The fourth-order valence-corrected chi connectivity index (χ4v) is 5.02. The lowest BCUT2D eigenvalue weighted by Gasteiger charge is -2.22. The molecule has 2 N–H and O–H groups in total. The lowest BCUT2D eigenvalue weighted by Crippen LogP contribution is -2.31. The molecule has 1 aliphatic heterocycles. The molecule has 0 spiro atoms. The van der Waals surface area contributed by atoms with E-state index in [-0.39, 0.29) is 17.9 Å². The van der Waals surface area contributed by atoms with Crippen LogP contribution in [0.25, 0.3) is 0 Å². The zero-order chi connectivity index (χ0) is 19.8. The van der Waals surface area contributed by atoms with E-state index in [2.05, 4.69) is 47.1 Å². The number of esters is 1. The second kappa shape index (κ2) is 7.97. The van der Waals surface area contributed by atoms with E-state index >= 15 is 0 Å². The SMILES string of the molecule is CCOC(=O)c1c(Nc2ccc(I)cc2Cl)sc2c1CC(C)(C)CNC2=O. The Morgan fingerprint density at radius 3 is 2.85 bits per heavy atom. The van der Waals surface area contributed by atoms with Crippen LogP contribution in [0, 0.1) is 8.99 Å². The number of anilines is 2. The van der Waals surface area contributed by atoms with Crippen LogP contribution in [0.2, 0.25) is 5.02 Å². The molecule has 0 radical (unpaired) electrons. The summed E-state index contributed by atoms with van der Waals surface area (Å²) in [5.41, 5.74) is 1.68. The summed E-state index contributed by atoms with van der Waals surface area (Å²) in [5, 5.41) is 7.31. The molecule has 1 aromatic heterocycles. The molecular weight excluding hydrogens is 499 g/mol. The number of ether oxygens (including phenoxy) is 1. The summed E-state index contributed by atoms with van der Waals surface area (Å²) in [6.45, 7) is 6.73. The molecule has 27 heavy (non-hydrogen) atoms. The number of thiophene rings is 1. The van der Waals surface area contributed by atoms with Crippen LogP contribution in [0.4, 0.5) is 10.7 Å². The van der Waals surface area contributed by atoms with E-state index < -0.39 is 5.97 Å².